The molecule has 4 heteroatoms. The molecule has 0 saturated heterocycles. The van der Waals surface area contributed by atoms with Gasteiger partial charge in [-0.25, -0.2) is 0 Å². The van der Waals surface area contributed by atoms with Crippen LogP contribution >= 0.6 is 0 Å². The van der Waals surface area contributed by atoms with Gasteiger partial charge in [0, 0.05) is 24.0 Å². The van der Waals surface area contributed by atoms with E-state index in [1.807, 2.05) is 26.8 Å². The lowest BCUT2D eigenvalue weighted by molar-refractivity contribution is 0.0914. The lowest BCUT2D eigenvalue weighted by atomic mass is 10.1. The molecular formula is C18H23N3O. The molecule has 116 valence electrons. The van der Waals surface area contributed by atoms with Crippen LogP contribution in [-0.2, 0) is 6.54 Å². The Balaban J connectivity index is 2.02. The van der Waals surface area contributed by atoms with Gasteiger partial charge in [0.1, 0.15) is 5.69 Å². The van der Waals surface area contributed by atoms with Crippen molar-refractivity contribution in [1.29, 1.82) is 0 Å². The van der Waals surface area contributed by atoms with Crippen LogP contribution in [0.15, 0.2) is 42.6 Å². The van der Waals surface area contributed by atoms with Gasteiger partial charge >= 0.3 is 0 Å². The number of carbonyl (C=O) groups is 1. The quantitative estimate of drug-likeness (QED) is 0.907. The molecule has 4 nitrogen and oxygen atoms in total. The number of aromatic nitrogens is 1. The second kappa shape index (κ2) is 6.60. The number of amides is 1. The molecule has 1 aromatic heterocycles. The first-order valence-electron chi connectivity index (χ1n) is 7.41. The molecule has 0 spiro atoms. The maximum Gasteiger partial charge on any atom is 0.270 e. The first kappa shape index (κ1) is 16.0. The van der Waals surface area contributed by atoms with Crippen LogP contribution in [0.3, 0.4) is 0 Å². The number of carbonyl (C=O) groups excluding carboxylic acids is 1. The van der Waals surface area contributed by atoms with Crippen molar-refractivity contribution in [2.45, 2.75) is 39.8 Å². The minimum Gasteiger partial charge on any atom is -0.381 e. The summed E-state index contributed by atoms with van der Waals surface area (Å²) in [6, 6.07) is 12.0. The Morgan fingerprint density at radius 2 is 1.82 bits per heavy atom. The van der Waals surface area contributed by atoms with Crippen molar-refractivity contribution in [2.75, 3.05) is 5.32 Å². The third-order valence-corrected chi connectivity index (χ3v) is 3.10. The Bertz CT molecular complexity index is 642. The standard InChI is InChI=1S/C18H23N3O/c1-13-5-7-14(8-6-13)12-20-15-9-10-19-16(11-15)17(22)21-18(2,3)4/h5-11H,12H2,1-4H3,(H,19,20)(H,21,22). The highest BCUT2D eigenvalue weighted by Crippen LogP contribution is 2.12. The van der Waals surface area contributed by atoms with Crippen LogP contribution in [0.25, 0.3) is 0 Å². The second-order valence-corrected chi connectivity index (χ2v) is 6.47. The highest BCUT2D eigenvalue weighted by atomic mass is 16.2. The molecule has 1 heterocycles. The fraction of sp³-hybridized carbons (Fsp3) is 0.333. The summed E-state index contributed by atoms with van der Waals surface area (Å²) in [5.74, 6) is -0.161. The summed E-state index contributed by atoms with van der Waals surface area (Å²) in [6.07, 6.45) is 1.65. The molecule has 0 fully saturated rings. The number of nitrogens with zero attached hydrogens (tertiary/aromatic N) is 1. The molecule has 22 heavy (non-hydrogen) atoms. The Labute approximate surface area is 132 Å². The van der Waals surface area contributed by atoms with Gasteiger partial charge in [-0.15, -0.1) is 0 Å². The molecule has 2 N–H and O–H groups in total. The lowest BCUT2D eigenvalue weighted by Gasteiger charge is -2.20. The van der Waals surface area contributed by atoms with Gasteiger partial charge in [-0.1, -0.05) is 29.8 Å². The Morgan fingerprint density at radius 1 is 1.14 bits per heavy atom. The predicted molar refractivity (Wildman–Crippen MR) is 90.0 cm³/mol. The Hall–Kier alpha value is -2.36. The molecule has 1 amide bonds. The van der Waals surface area contributed by atoms with E-state index in [0.29, 0.717) is 12.2 Å². The molecular weight excluding hydrogens is 274 g/mol. The van der Waals surface area contributed by atoms with Gasteiger partial charge in [-0.3, -0.25) is 9.78 Å². The molecule has 0 atom stereocenters. The first-order valence-corrected chi connectivity index (χ1v) is 7.41. The summed E-state index contributed by atoms with van der Waals surface area (Å²) < 4.78 is 0. The van der Waals surface area contributed by atoms with Crippen LogP contribution in [0.5, 0.6) is 0 Å². The monoisotopic (exact) mass is 297 g/mol. The number of benzene rings is 1. The van der Waals surface area contributed by atoms with E-state index < -0.39 is 0 Å². The summed E-state index contributed by atoms with van der Waals surface area (Å²) in [6.45, 7) is 8.63. The van der Waals surface area contributed by atoms with Gasteiger partial charge in [-0.2, -0.15) is 0 Å². The zero-order valence-electron chi connectivity index (χ0n) is 13.6. The van der Waals surface area contributed by atoms with E-state index in [9.17, 15) is 4.79 Å². The largest absolute Gasteiger partial charge is 0.381 e. The van der Waals surface area contributed by atoms with Gasteiger partial charge in [0.2, 0.25) is 0 Å². The number of hydrogen-bond donors (Lipinski definition) is 2. The van der Waals surface area contributed by atoms with Crippen LogP contribution in [0.2, 0.25) is 0 Å². The van der Waals surface area contributed by atoms with Crippen LogP contribution in [0.4, 0.5) is 5.69 Å². The summed E-state index contributed by atoms with van der Waals surface area (Å²) in [7, 11) is 0. The number of hydrogen-bond acceptors (Lipinski definition) is 3. The second-order valence-electron chi connectivity index (χ2n) is 6.47. The van der Waals surface area contributed by atoms with Crippen molar-refractivity contribution >= 4 is 11.6 Å². The number of aryl methyl sites for hydroxylation is 1. The molecule has 0 aliphatic rings. The normalized spacial score (nSPS) is 11.1. The smallest absolute Gasteiger partial charge is 0.270 e. The molecule has 0 aliphatic heterocycles. The van der Waals surface area contributed by atoms with E-state index >= 15 is 0 Å². The maximum absolute atomic E-state index is 12.1. The minimum atomic E-state index is -0.274. The van der Waals surface area contributed by atoms with Crippen molar-refractivity contribution in [3.8, 4) is 0 Å². The highest BCUT2D eigenvalue weighted by molar-refractivity contribution is 5.93. The third-order valence-electron chi connectivity index (χ3n) is 3.10. The molecule has 0 radical (unpaired) electrons. The molecule has 0 saturated carbocycles. The summed E-state index contributed by atoms with van der Waals surface area (Å²) in [4.78, 5) is 16.3. The summed E-state index contributed by atoms with van der Waals surface area (Å²) in [5, 5.41) is 6.23. The van der Waals surface area contributed by atoms with Crippen molar-refractivity contribution < 1.29 is 4.79 Å². The van der Waals surface area contributed by atoms with E-state index in [0.717, 1.165) is 5.69 Å². The number of anilines is 1. The van der Waals surface area contributed by atoms with E-state index in [4.69, 9.17) is 0 Å². The highest BCUT2D eigenvalue weighted by Gasteiger charge is 2.16. The number of pyridine rings is 1. The fourth-order valence-electron chi connectivity index (χ4n) is 1.98. The zero-order valence-corrected chi connectivity index (χ0v) is 13.6. The Kier molecular flexibility index (Phi) is 4.81. The zero-order chi connectivity index (χ0) is 16.2. The lowest BCUT2D eigenvalue weighted by Crippen LogP contribution is -2.40. The van der Waals surface area contributed by atoms with Crippen molar-refractivity contribution in [3.05, 3.63) is 59.4 Å². The summed E-state index contributed by atoms with van der Waals surface area (Å²) in [5.41, 5.74) is 3.47. The van der Waals surface area contributed by atoms with Gasteiger partial charge in [0.25, 0.3) is 5.91 Å². The molecule has 1 aromatic carbocycles. The molecule has 2 rings (SSSR count). The van der Waals surface area contributed by atoms with Gasteiger partial charge in [-0.05, 0) is 45.4 Å². The first-order chi connectivity index (χ1) is 10.3. The Morgan fingerprint density at radius 3 is 2.45 bits per heavy atom. The van der Waals surface area contributed by atoms with Crippen molar-refractivity contribution in [1.82, 2.24) is 10.3 Å². The minimum absolute atomic E-state index is 0.161. The third kappa shape index (κ3) is 4.88. The van der Waals surface area contributed by atoms with Crippen LogP contribution in [0, 0.1) is 6.92 Å². The number of rotatable bonds is 4. The average Bonchev–Trinajstić information content (AvgIpc) is 2.45. The fourth-order valence-corrected chi connectivity index (χ4v) is 1.98. The summed E-state index contributed by atoms with van der Waals surface area (Å²) >= 11 is 0. The average molecular weight is 297 g/mol. The molecule has 0 unspecified atom stereocenters. The molecule has 0 aliphatic carbocycles. The molecule has 2 aromatic rings. The van der Waals surface area contributed by atoms with Crippen LogP contribution in [0.1, 0.15) is 42.4 Å². The predicted octanol–water partition coefficient (Wildman–Crippen LogP) is 3.53. The van der Waals surface area contributed by atoms with Crippen LogP contribution in [-0.4, -0.2) is 16.4 Å². The topological polar surface area (TPSA) is 54.0 Å². The van der Waals surface area contributed by atoms with E-state index in [2.05, 4.69) is 46.8 Å². The van der Waals surface area contributed by atoms with E-state index in [-0.39, 0.29) is 11.4 Å². The van der Waals surface area contributed by atoms with Gasteiger partial charge in [0.15, 0.2) is 0 Å². The van der Waals surface area contributed by atoms with E-state index in [1.54, 1.807) is 12.3 Å². The number of nitrogens with one attached hydrogen (secondary N) is 2. The van der Waals surface area contributed by atoms with E-state index in [1.165, 1.54) is 11.1 Å². The van der Waals surface area contributed by atoms with Crippen molar-refractivity contribution in [3.63, 3.8) is 0 Å². The van der Waals surface area contributed by atoms with Gasteiger partial charge in [0.05, 0.1) is 0 Å². The maximum atomic E-state index is 12.1. The molecule has 0 bridgehead atoms. The van der Waals surface area contributed by atoms with Crippen molar-refractivity contribution in [2.24, 2.45) is 0 Å². The SMILES string of the molecule is Cc1ccc(CNc2ccnc(C(=O)NC(C)(C)C)c2)cc1. The van der Waals surface area contributed by atoms with Crippen LogP contribution < -0.4 is 10.6 Å². The van der Waals surface area contributed by atoms with Gasteiger partial charge < -0.3 is 10.6 Å².